The van der Waals surface area contributed by atoms with Crippen molar-refractivity contribution in [2.75, 3.05) is 0 Å². The molecule has 54 heavy (non-hydrogen) atoms. The Morgan fingerprint density at radius 2 is 0.796 bits per heavy atom. The second-order valence-electron chi connectivity index (χ2n) is 12.5. The lowest BCUT2D eigenvalue weighted by atomic mass is 9.78. The van der Waals surface area contributed by atoms with E-state index in [1.54, 1.807) is 42.5 Å². The zero-order chi connectivity index (χ0) is 38.4. The third-order valence-corrected chi connectivity index (χ3v) is 8.52. The fourth-order valence-electron chi connectivity index (χ4n) is 5.53. The van der Waals surface area contributed by atoms with Crippen molar-refractivity contribution in [1.29, 1.82) is 0 Å². The summed E-state index contributed by atoms with van der Waals surface area (Å²) in [4.78, 5) is 48.1. The lowest BCUT2D eigenvalue weighted by Crippen LogP contribution is -2.18. The molecule has 11 nitrogen and oxygen atoms in total. The Balaban J connectivity index is 1.03. The van der Waals surface area contributed by atoms with Gasteiger partial charge in [0.15, 0.2) is 0 Å². The van der Waals surface area contributed by atoms with Gasteiger partial charge in [0.05, 0.1) is 22.3 Å². The smallest absolute Gasteiger partial charge is 0.344 e. The van der Waals surface area contributed by atoms with Gasteiger partial charge >= 0.3 is 23.9 Å². The molecule has 0 unspecified atom stereocenters. The van der Waals surface area contributed by atoms with E-state index in [0.29, 0.717) is 23.0 Å². The molecule has 0 bridgehead atoms. The molecule has 0 atom stereocenters. The van der Waals surface area contributed by atoms with E-state index < -0.39 is 23.9 Å². The van der Waals surface area contributed by atoms with E-state index in [1.807, 2.05) is 48.5 Å². The number of ether oxygens (including phenoxy) is 4. The number of carboxylic acids is 2. The molecule has 0 aliphatic rings. The van der Waals surface area contributed by atoms with Crippen LogP contribution in [0.2, 0.25) is 0 Å². The Morgan fingerprint density at radius 3 is 1.20 bits per heavy atom. The van der Waals surface area contributed by atoms with Crippen LogP contribution in [0.4, 0.5) is 0 Å². The molecule has 6 rings (SSSR count). The second kappa shape index (κ2) is 15.5. The van der Waals surface area contributed by atoms with E-state index in [4.69, 9.17) is 18.9 Å². The van der Waals surface area contributed by atoms with Gasteiger partial charge in [-0.3, -0.25) is 0 Å². The van der Waals surface area contributed by atoms with E-state index in [0.717, 1.165) is 17.2 Å². The van der Waals surface area contributed by atoms with Gasteiger partial charge in [-0.1, -0.05) is 50.2 Å². The SMILES string of the molecule is CC(C)(c1ccc(Oc2ccc(OC(=O)c3ccccc3C(=O)O)cc2)cc1)c1ccc(Oc2ccc(OC(=O)c3ccc(O)cc3C(=O)O)cc2)cc1. The van der Waals surface area contributed by atoms with Gasteiger partial charge in [-0.05, 0) is 114 Å². The zero-order valence-corrected chi connectivity index (χ0v) is 28.9. The van der Waals surface area contributed by atoms with Crippen LogP contribution in [0.3, 0.4) is 0 Å². The summed E-state index contributed by atoms with van der Waals surface area (Å²) in [5.41, 5.74) is 0.964. The minimum absolute atomic E-state index is 0.0443. The summed E-state index contributed by atoms with van der Waals surface area (Å²) in [6, 6.07) is 37.3. The van der Waals surface area contributed by atoms with E-state index in [2.05, 4.69) is 13.8 Å². The van der Waals surface area contributed by atoms with Gasteiger partial charge in [-0.2, -0.15) is 0 Å². The van der Waals surface area contributed by atoms with Crippen LogP contribution in [0.5, 0.6) is 40.2 Å². The molecule has 0 aliphatic heterocycles. The van der Waals surface area contributed by atoms with Crippen LogP contribution in [-0.4, -0.2) is 39.2 Å². The minimum Gasteiger partial charge on any atom is -0.508 e. The largest absolute Gasteiger partial charge is 0.508 e. The van der Waals surface area contributed by atoms with Crippen LogP contribution in [0.1, 0.15) is 66.4 Å². The number of phenols is 1. The number of carboxylic acid groups (broad SMARTS) is 2. The standard InChI is InChI=1S/C43H32O11/c1-43(2,26-7-12-29(13-8-26)51-31-16-20-33(21-17-31)53-41(49)36-6-4-3-5-35(36)39(45)46)27-9-14-30(15-10-27)52-32-18-22-34(23-19-32)54-42(50)37-24-11-28(44)25-38(37)40(47)48/h3-25,44H,1-2H3,(H,45,46)(H,47,48). The number of carbonyl (C=O) groups is 4. The van der Waals surface area contributed by atoms with Crippen molar-refractivity contribution in [3.05, 3.63) is 173 Å². The Morgan fingerprint density at radius 1 is 0.444 bits per heavy atom. The predicted octanol–water partition coefficient (Wildman–Crippen LogP) is 9.14. The molecule has 6 aromatic rings. The molecule has 0 aliphatic carbocycles. The van der Waals surface area contributed by atoms with E-state index in [-0.39, 0.29) is 44.9 Å². The molecule has 0 aromatic heterocycles. The number of aromatic carboxylic acids is 2. The van der Waals surface area contributed by atoms with E-state index >= 15 is 0 Å². The molecule has 0 heterocycles. The number of aromatic hydroxyl groups is 1. The molecule has 0 amide bonds. The Bertz CT molecular complexity index is 2330. The predicted molar refractivity (Wildman–Crippen MR) is 196 cm³/mol. The fourth-order valence-corrected chi connectivity index (χ4v) is 5.53. The van der Waals surface area contributed by atoms with Crippen molar-refractivity contribution in [3.63, 3.8) is 0 Å². The van der Waals surface area contributed by atoms with Gasteiger partial charge in [0.2, 0.25) is 0 Å². The third kappa shape index (κ3) is 8.38. The maximum atomic E-state index is 12.6. The zero-order valence-electron chi connectivity index (χ0n) is 28.9. The summed E-state index contributed by atoms with van der Waals surface area (Å²) in [5, 5.41) is 28.3. The molecule has 11 heteroatoms. The summed E-state index contributed by atoms with van der Waals surface area (Å²) in [6.07, 6.45) is 0. The lowest BCUT2D eigenvalue weighted by Gasteiger charge is -2.26. The van der Waals surface area contributed by atoms with Crippen LogP contribution in [-0.2, 0) is 5.41 Å². The number of carbonyl (C=O) groups excluding carboxylic acids is 2. The number of esters is 2. The summed E-state index contributed by atoms with van der Waals surface area (Å²) >= 11 is 0. The highest BCUT2D eigenvalue weighted by atomic mass is 16.5. The molecular formula is C43H32O11. The summed E-state index contributed by atoms with van der Waals surface area (Å²) in [5.74, 6) is -1.90. The van der Waals surface area contributed by atoms with Gasteiger partial charge < -0.3 is 34.3 Å². The quantitative estimate of drug-likeness (QED) is 0.0814. The van der Waals surface area contributed by atoms with Crippen LogP contribution in [0.25, 0.3) is 0 Å². The maximum Gasteiger partial charge on any atom is 0.344 e. The number of rotatable bonds is 12. The highest BCUT2D eigenvalue weighted by Crippen LogP contribution is 2.35. The summed E-state index contributed by atoms with van der Waals surface area (Å²) in [7, 11) is 0. The summed E-state index contributed by atoms with van der Waals surface area (Å²) in [6.45, 7) is 4.20. The van der Waals surface area contributed by atoms with Gasteiger partial charge in [-0.15, -0.1) is 0 Å². The summed E-state index contributed by atoms with van der Waals surface area (Å²) < 4.78 is 22.7. The van der Waals surface area contributed by atoms with E-state index in [1.165, 1.54) is 42.5 Å². The molecule has 3 N–H and O–H groups in total. The van der Waals surface area contributed by atoms with E-state index in [9.17, 15) is 34.5 Å². The van der Waals surface area contributed by atoms with Crippen LogP contribution >= 0.6 is 0 Å². The molecule has 6 aromatic carbocycles. The normalized spacial score (nSPS) is 10.9. The van der Waals surface area contributed by atoms with Crippen molar-refractivity contribution < 1.29 is 53.4 Å². The van der Waals surface area contributed by atoms with Gasteiger partial charge in [0, 0.05) is 5.41 Å². The second-order valence-corrected chi connectivity index (χ2v) is 12.5. The first-order chi connectivity index (χ1) is 25.9. The van der Waals surface area contributed by atoms with Crippen molar-refractivity contribution in [2.24, 2.45) is 0 Å². The molecular weight excluding hydrogens is 692 g/mol. The van der Waals surface area contributed by atoms with Gasteiger partial charge in [-0.25, -0.2) is 19.2 Å². The Labute approximate surface area is 309 Å². The van der Waals surface area contributed by atoms with Crippen LogP contribution in [0.15, 0.2) is 140 Å². The minimum atomic E-state index is -1.37. The Kier molecular flexibility index (Phi) is 10.4. The fraction of sp³-hybridized carbons (Fsp3) is 0.0698. The van der Waals surface area contributed by atoms with Gasteiger partial charge in [0.1, 0.15) is 40.2 Å². The first-order valence-electron chi connectivity index (χ1n) is 16.5. The third-order valence-electron chi connectivity index (χ3n) is 8.52. The van der Waals surface area contributed by atoms with Crippen molar-refractivity contribution in [2.45, 2.75) is 19.3 Å². The average Bonchev–Trinajstić information content (AvgIpc) is 3.16. The van der Waals surface area contributed by atoms with Crippen LogP contribution < -0.4 is 18.9 Å². The van der Waals surface area contributed by atoms with Crippen molar-refractivity contribution in [3.8, 4) is 40.2 Å². The highest BCUT2D eigenvalue weighted by molar-refractivity contribution is 6.04. The first-order valence-corrected chi connectivity index (χ1v) is 16.5. The van der Waals surface area contributed by atoms with Crippen LogP contribution in [0, 0.1) is 0 Å². The van der Waals surface area contributed by atoms with Crippen molar-refractivity contribution in [1.82, 2.24) is 0 Å². The molecule has 270 valence electrons. The van der Waals surface area contributed by atoms with Gasteiger partial charge in [0.25, 0.3) is 0 Å². The molecule has 0 saturated heterocycles. The number of phenolic OH excluding ortho intramolecular Hbond substituents is 1. The number of hydrogen-bond acceptors (Lipinski definition) is 9. The average molecular weight is 725 g/mol. The number of benzene rings is 6. The molecule has 0 saturated carbocycles. The molecule has 0 spiro atoms. The maximum absolute atomic E-state index is 12.6. The monoisotopic (exact) mass is 724 g/mol. The molecule has 0 radical (unpaired) electrons. The molecule has 0 fully saturated rings. The number of hydrogen-bond donors (Lipinski definition) is 3. The highest BCUT2D eigenvalue weighted by Gasteiger charge is 2.24. The Hall–Kier alpha value is -7.40. The van der Waals surface area contributed by atoms with Crippen molar-refractivity contribution >= 4 is 23.9 Å². The topological polar surface area (TPSA) is 166 Å². The lowest BCUT2D eigenvalue weighted by molar-refractivity contribution is 0.0666. The first kappa shape index (κ1) is 36.4.